The highest BCUT2D eigenvalue weighted by Gasteiger charge is 2.53. The van der Waals surface area contributed by atoms with E-state index in [-0.39, 0.29) is 17.5 Å². The summed E-state index contributed by atoms with van der Waals surface area (Å²) in [6.45, 7) is 1.87. The molecule has 5 aliphatic rings. The van der Waals surface area contributed by atoms with Gasteiger partial charge in [-0.3, -0.25) is 10.2 Å². The molecule has 2 heterocycles. The maximum absolute atomic E-state index is 14.5. The molecule has 5 atom stereocenters. The van der Waals surface area contributed by atoms with Gasteiger partial charge in [-0.1, -0.05) is 107 Å². The second-order valence-corrected chi connectivity index (χ2v) is 14.6. The number of benzene rings is 1. The maximum atomic E-state index is 14.5. The van der Waals surface area contributed by atoms with E-state index in [1.54, 1.807) is 0 Å². The fraction of sp³-hybridized carbons (Fsp3) is 0.788. The van der Waals surface area contributed by atoms with Gasteiger partial charge in [0.05, 0.1) is 11.6 Å². The number of carbonyl (C=O) groups excluding carboxylic acids is 1. The molecule has 38 heavy (non-hydrogen) atoms. The Morgan fingerprint density at radius 1 is 0.895 bits per heavy atom. The number of nitrogens with one attached hydrogen (secondary N) is 2. The Morgan fingerprint density at radius 2 is 1.58 bits per heavy atom. The quantitative estimate of drug-likeness (QED) is 0.381. The van der Waals surface area contributed by atoms with E-state index >= 15 is 0 Å². The Hall–Kier alpha value is -1.04. The number of rotatable bonds is 6. The monoisotopic (exact) mass is 537 g/mol. The molecule has 210 valence electrons. The summed E-state index contributed by atoms with van der Waals surface area (Å²) < 4.78 is 0. The van der Waals surface area contributed by atoms with Crippen molar-refractivity contribution < 1.29 is 4.79 Å². The lowest BCUT2D eigenvalue weighted by Gasteiger charge is -2.43. The van der Waals surface area contributed by atoms with Crippen LogP contribution in [0.2, 0.25) is 0 Å². The van der Waals surface area contributed by atoms with Crippen molar-refractivity contribution in [3.8, 4) is 0 Å². The molecule has 1 aromatic rings. The summed E-state index contributed by atoms with van der Waals surface area (Å²) in [6, 6.07) is 11.1. The fourth-order valence-electron chi connectivity index (χ4n) is 8.63. The Balaban J connectivity index is 1.25. The van der Waals surface area contributed by atoms with Crippen LogP contribution in [-0.2, 0) is 4.79 Å². The van der Waals surface area contributed by atoms with Gasteiger partial charge in [0, 0.05) is 24.3 Å². The average Bonchev–Trinajstić information content (AvgIpc) is 3.53. The fourth-order valence-corrected chi connectivity index (χ4v) is 10.2. The Morgan fingerprint density at radius 3 is 2.32 bits per heavy atom. The predicted molar refractivity (Wildman–Crippen MR) is 159 cm³/mol. The third-order valence-electron chi connectivity index (χ3n) is 10.9. The van der Waals surface area contributed by atoms with Crippen molar-refractivity contribution in [1.82, 2.24) is 15.8 Å². The molecule has 3 unspecified atom stereocenters. The highest BCUT2D eigenvalue weighted by Crippen LogP contribution is 2.50. The molecule has 2 saturated heterocycles. The third kappa shape index (κ3) is 6.00. The molecule has 0 aromatic heterocycles. The van der Waals surface area contributed by atoms with E-state index < -0.39 is 0 Å². The summed E-state index contributed by atoms with van der Waals surface area (Å²) in [5.41, 5.74) is 8.81. The van der Waals surface area contributed by atoms with Crippen LogP contribution in [0.3, 0.4) is 0 Å². The van der Waals surface area contributed by atoms with E-state index in [0.717, 1.165) is 31.3 Å². The Kier molecular flexibility index (Phi) is 9.03. The summed E-state index contributed by atoms with van der Waals surface area (Å²) in [7, 11) is 0. The first-order chi connectivity index (χ1) is 18.8. The van der Waals surface area contributed by atoms with Crippen LogP contribution in [0.15, 0.2) is 30.3 Å². The minimum absolute atomic E-state index is 0.0399. The van der Waals surface area contributed by atoms with Crippen LogP contribution in [0.4, 0.5) is 0 Å². The summed E-state index contributed by atoms with van der Waals surface area (Å²) in [4.78, 5) is 17.0. The van der Waals surface area contributed by atoms with Gasteiger partial charge in [-0.2, -0.15) is 11.8 Å². The number of carbonyl (C=O) groups is 1. The molecule has 4 nitrogen and oxygen atoms in total. The average molecular weight is 538 g/mol. The van der Waals surface area contributed by atoms with Crippen molar-refractivity contribution in [3.05, 3.63) is 35.9 Å². The molecular formula is C33H51N3OS. The molecule has 0 bridgehead atoms. The Labute approximate surface area is 235 Å². The van der Waals surface area contributed by atoms with Crippen molar-refractivity contribution >= 4 is 17.7 Å². The van der Waals surface area contributed by atoms with Crippen LogP contribution < -0.4 is 10.9 Å². The van der Waals surface area contributed by atoms with Gasteiger partial charge in [0.25, 0.3) is 0 Å². The number of hydrogen-bond acceptors (Lipinski definition) is 4. The number of thioether (sulfide) groups is 1. The second-order valence-electron chi connectivity index (χ2n) is 13.3. The molecule has 3 saturated carbocycles. The SMILES string of the molecule is O=C([C@H]1C[C@@H]1c1ccccc1)N(CC1SCCC1C1CCCCCC1)C1CNNC12CCCCCCCC2. The van der Waals surface area contributed by atoms with Gasteiger partial charge in [-0.15, -0.1) is 0 Å². The molecule has 1 spiro atoms. The number of hydrazine groups is 1. The molecular weight excluding hydrogens is 486 g/mol. The van der Waals surface area contributed by atoms with E-state index in [4.69, 9.17) is 0 Å². The largest absolute Gasteiger partial charge is 0.335 e. The molecule has 5 heteroatoms. The molecule has 2 aliphatic heterocycles. The maximum Gasteiger partial charge on any atom is 0.226 e. The molecule has 3 aliphatic carbocycles. The van der Waals surface area contributed by atoms with Gasteiger partial charge in [-0.25, -0.2) is 5.43 Å². The molecule has 5 fully saturated rings. The van der Waals surface area contributed by atoms with Crippen LogP contribution in [-0.4, -0.2) is 46.5 Å². The van der Waals surface area contributed by atoms with Gasteiger partial charge >= 0.3 is 0 Å². The molecule has 1 aromatic carbocycles. The second kappa shape index (κ2) is 12.6. The van der Waals surface area contributed by atoms with E-state index in [1.165, 1.54) is 108 Å². The minimum Gasteiger partial charge on any atom is -0.335 e. The van der Waals surface area contributed by atoms with Crippen molar-refractivity contribution in [2.75, 3.05) is 18.8 Å². The standard InChI is InChI=1S/C33H51N3OS/c37-32(29-22-28(29)26-16-10-7-11-17-26)36(24-30-27(18-21-38-30)25-14-8-3-4-9-15-25)31-23-34-35-33(31)19-12-5-1-2-6-13-20-33/h7,10-11,16-17,25,27-31,34-35H,1-6,8-9,12-15,18-24H2/t27?,28-,29+,30?,31?/m1/s1. The highest BCUT2D eigenvalue weighted by atomic mass is 32.2. The number of nitrogens with zero attached hydrogens (tertiary/aromatic N) is 1. The number of hydrogen-bond donors (Lipinski definition) is 2. The molecule has 1 amide bonds. The zero-order valence-corrected chi connectivity index (χ0v) is 24.4. The first-order valence-electron chi connectivity index (χ1n) is 16.2. The lowest BCUT2D eigenvalue weighted by atomic mass is 9.80. The van der Waals surface area contributed by atoms with E-state index in [0.29, 0.717) is 17.1 Å². The van der Waals surface area contributed by atoms with E-state index in [1.807, 2.05) is 0 Å². The van der Waals surface area contributed by atoms with Crippen molar-refractivity contribution in [1.29, 1.82) is 0 Å². The number of amides is 1. The topological polar surface area (TPSA) is 44.4 Å². The smallest absolute Gasteiger partial charge is 0.226 e. The molecule has 0 radical (unpaired) electrons. The summed E-state index contributed by atoms with van der Waals surface area (Å²) in [5, 5.41) is 0.616. The van der Waals surface area contributed by atoms with Crippen LogP contribution >= 0.6 is 11.8 Å². The van der Waals surface area contributed by atoms with Gasteiger partial charge in [0.1, 0.15) is 0 Å². The summed E-state index contributed by atoms with van der Waals surface area (Å²) in [6.07, 6.45) is 21.3. The van der Waals surface area contributed by atoms with Crippen molar-refractivity contribution in [2.24, 2.45) is 17.8 Å². The van der Waals surface area contributed by atoms with Crippen LogP contribution in [0.1, 0.15) is 114 Å². The van der Waals surface area contributed by atoms with Crippen molar-refractivity contribution in [3.63, 3.8) is 0 Å². The third-order valence-corrected chi connectivity index (χ3v) is 12.3. The zero-order chi connectivity index (χ0) is 25.8. The molecule has 2 N–H and O–H groups in total. The normalized spacial score (nSPS) is 34.3. The highest BCUT2D eigenvalue weighted by molar-refractivity contribution is 8.00. The van der Waals surface area contributed by atoms with E-state index in [2.05, 4.69) is 57.8 Å². The Bertz CT molecular complexity index is 891. The predicted octanol–water partition coefficient (Wildman–Crippen LogP) is 7.06. The molecule has 6 rings (SSSR count). The first kappa shape index (κ1) is 27.1. The van der Waals surface area contributed by atoms with Crippen molar-refractivity contribution in [2.45, 2.75) is 125 Å². The lowest BCUT2D eigenvalue weighted by molar-refractivity contribution is -0.136. The van der Waals surface area contributed by atoms with Gasteiger partial charge in [0.15, 0.2) is 0 Å². The van der Waals surface area contributed by atoms with Gasteiger partial charge in [0.2, 0.25) is 5.91 Å². The van der Waals surface area contributed by atoms with Crippen LogP contribution in [0.25, 0.3) is 0 Å². The summed E-state index contributed by atoms with van der Waals surface area (Å²) >= 11 is 2.20. The lowest BCUT2D eigenvalue weighted by Crippen LogP contribution is -2.59. The van der Waals surface area contributed by atoms with Crippen LogP contribution in [0, 0.1) is 17.8 Å². The van der Waals surface area contributed by atoms with Gasteiger partial charge < -0.3 is 4.90 Å². The van der Waals surface area contributed by atoms with Crippen LogP contribution in [0.5, 0.6) is 0 Å². The van der Waals surface area contributed by atoms with Gasteiger partial charge in [-0.05, 0) is 54.8 Å². The zero-order valence-electron chi connectivity index (χ0n) is 23.5. The minimum atomic E-state index is 0.0399. The first-order valence-corrected chi connectivity index (χ1v) is 17.3. The summed E-state index contributed by atoms with van der Waals surface area (Å²) in [5.74, 6) is 4.02. The van der Waals surface area contributed by atoms with E-state index in [9.17, 15) is 4.79 Å².